The van der Waals surface area contributed by atoms with E-state index in [1.807, 2.05) is 31.4 Å². The summed E-state index contributed by atoms with van der Waals surface area (Å²) in [7, 11) is 1.47. The second-order valence-electron chi connectivity index (χ2n) is 7.12. The molecule has 0 spiro atoms. The zero-order chi connectivity index (χ0) is 23.5. The van der Waals surface area contributed by atoms with Crippen LogP contribution in [0, 0.1) is 0 Å². The van der Waals surface area contributed by atoms with E-state index in [-0.39, 0.29) is 12.2 Å². The van der Waals surface area contributed by atoms with E-state index >= 15 is 0 Å². The predicted octanol–water partition coefficient (Wildman–Crippen LogP) is 3.54. The molecule has 0 aliphatic rings. The third-order valence-electron chi connectivity index (χ3n) is 5.09. The molecule has 2 aromatic heterocycles. The zero-order valence-corrected chi connectivity index (χ0v) is 20.0. The zero-order valence-electron chi connectivity index (χ0n) is 18.3. The third kappa shape index (κ3) is 4.44. The van der Waals surface area contributed by atoms with Crippen molar-refractivity contribution in [1.29, 1.82) is 0 Å². The fourth-order valence-corrected chi connectivity index (χ4v) is 4.98. The first kappa shape index (κ1) is 22.8. The lowest BCUT2D eigenvalue weighted by Crippen LogP contribution is -2.40. The summed E-state index contributed by atoms with van der Waals surface area (Å²) in [6, 6.07) is 14.3. The van der Waals surface area contributed by atoms with Crippen LogP contribution in [-0.4, -0.2) is 33.4 Å². The lowest BCUT2D eigenvalue weighted by Gasteiger charge is -2.14. The van der Waals surface area contributed by atoms with Gasteiger partial charge in [-0.2, -0.15) is 0 Å². The van der Waals surface area contributed by atoms with Gasteiger partial charge in [0.2, 0.25) is 5.91 Å². The van der Waals surface area contributed by atoms with Gasteiger partial charge in [-0.05, 0) is 42.5 Å². The van der Waals surface area contributed by atoms with Gasteiger partial charge >= 0.3 is 5.69 Å². The van der Waals surface area contributed by atoms with Crippen LogP contribution in [-0.2, 0) is 17.8 Å². The number of carbonyl (C=O) groups excluding carboxylic acids is 1. The molecular formula is C23H22N4O4S2. The van der Waals surface area contributed by atoms with E-state index in [0.717, 1.165) is 16.6 Å². The van der Waals surface area contributed by atoms with Gasteiger partial charge in [0.25, 0.3) is 5.56 Å². The number of aryl methyl sites for hydroxylation is 1. The van der Waals surface area contributed by atoms with E-state index in [9.17, 15) is 14.4 Å². The van der Waals surface area contributed by atoms with Crippen molar-refractivity contribution in [2.24, 2.45) is 0 Å². The Morgan fingerprint density at radius 2 is 1.97 bits per heavy atom. The van der Waals surface area contributed by atoms with Crippen LogP contribution in [0.25, 0.3) is 16.0 Å². The maximum absolute atomic E-state index is 13.5. The lowest BCUT2D eigenvalue weighted by atomic mass is 10.1. The molecule has 2 aromatic carbocycles. The van der Waals surface area contributed by atoms with Gasteiger partial charge in [-0.3, -0.25) is 14.2 Å². The first-order valence-electron chi connectivity index (χ1n) is 10.2. The van der Waals surface area contributed by atoms with Crippen LogP contribution in [0.5, 0.6) is 5.75 Å². The summed E-state index contributed by atoms with van der Waals surface area (Å²) in [5, 5.41) is 2.83. The number of hydrogen-bond donors (Lipinski definition) is 1. The molecule has 0 fully saturated rings. The topological polar surface area (TPSA) is 95.2 Å². The minimum atomic E-state index is -0.660. The highest BCUT2D eigenvalue weighted by atomic mass is 32.2. The number of thiazole rings is 1. The number of nitrogens with zero attached hydrogens (tertiary/aromatic N) is 3. The SMILES string of the molecule is CCc1cccc(NC(=O)Cn2c(=O)n(-c3ccccc3OC)c(=O)c3sc(SC)nc32)c1. The highest BCUT2D eigenvalue weighted by molar-refractivity contribution is 8.00. The Morgan fingerprint density at radius 1 is 1.18 bits per heavy atom. The van der Waals surface area contributed by atoms with E-state index in [2.05, 4.69) is 10.3 Å². The highest BCUT2D eigenvalue weighted by Crippen LogP contribution is 2.26. The first-order valence-corrected chi connectivity index (χ1v) is 12.2. The molecule has 0 unspecified atom stereocenters. The van der Waals surface area contributed by atoms with Crippen molar-refractivity contribution < 1.29 is 9.53 Å². The molecule has 0 saturated heterocycles. The number of amides is 1. The number of aromatic nitrogens is 3. The van der Waals surface area contributed by atoms with Gasteiger partial charge in [0, 0.05) is 5.69 Å². The smallest absolute Gasteiger partial charge is 0.337 e. The predicted molar refractivity (Wildman–Crippen MR) is 132 cm³/mol. The molecule has 0 radical (unpaired) electrons. The maximum Gasteiger partial charge on any atom is 0.337 e. The summed E-state index contributed by atoms with van der Waals surface area (Å²) >= 11 is 2.56. The third-order valence-corrected chi connectivity index (χ3v) is 7.10. The number of carbonyl (C=O) groups is 1. The normalized spacial score (nSPS) is 11.0. The van der Waals surface area contributed by atoms with Crippen molar-refractivity contribution in [1.82, 2.24) is 14.1 Å². The fraction of sp³-hybridized carbons (Fsp3) is 0.217. The number of fused-ring (bicyclic) bond motifs is 1. The molecule has 0 aliphatic heterocycles. The minimum absolute atomic E-state index is 0.197. The summed E-state index contributed by atoms with van der Waals surface area (Å²) in [6.45, 7) is 1.74. The van der Waals surface area contributed by atoms with Crippen LogP contribution >= 0.6 is 23.1 Å². The molecule has 10 heteroatoms. The van der Waals surface area contributed by atoms with Gasteiger partial charge in [-0.25, -0.2) is 14.3 Å². The van der Waals surface area contributed by atoms with Crippen molar-refractivity contribution in [2.75, 3.05) is 18.7 Å². The van der Waals surface area contributed by atoms with Crippen LogP contribution < -0.4 is 21.3 Å². The largest absolute Gasteiger partial charge is 0.495 e. The number of benzene rings is 2. The number of anilines is 1. The Labute approximate surface area is 197 Å². The standard InChI is InChI=1S/C23H22N4O4S2/c1-4-14-8-7-9-15(12-14)24-18(28)13-26-20-19(33-22(25-20)32-3)21(29)27(23(26)30)16-10-5-6-11-17(16)31-2/h5-12H,4,13H2,1-3H3,(H,24,28). The number of nitrogens with one attached hydrogen (secondary N) is 1. The number of hydrogen-bond acceptors (Lipinski definition) is 7. The maximum atomic E-state index is 13.5. The van der Waals surface area contributed by atoms with Crippen LogP contribution in [0.1, 0.15) is 12.5 Å². The first-order chi connectivity index (χ1) is 16.0. The molecule has 170 valence electrons. The van der Waals surface area contributed by atoms with Crippen molar-refractivity contribution in [2.45, 2.75) is 24.2 Å². The van der Waals surface area contributed by atoms with Crippen LogP contribution in [0.3, 0.4) is 0 Å². The second-order valence-corrected chi connectivity index (χ2v) is 9.17. The minimum Gasteiger partial charge on any atom is -0.495 e. The van der Waals surface area contributed by atoms with Crippen molar-refractivity contribution in [3.63, 3.8) is 0 Å². The van der Waals surface area contributed by atoms with Crippen molar-refractivity contribution in [3.8, 4) is 11.4 Å². The van der Waals surface area contributed by atoms with E-state index in [0.29, 0.717) is 26.2 Å². The van der Waals surface area contributed by atoms with Gasteiger partial charge in [0.1, 0.15) is 17.0 Å². The summed E-state index contributed by atoms with van der Waals surface area (Å²) in [5.41, 5.74) is 1.08. The van der Waals surface area contributed by atoms with Gasteiger partial charge in [0.05, 0.1) is 12.8 Å². The van der Waals surface area contributed by atoms with E-state index in [1.165, 1.54) is 34.8 Å². The summed E-state index contributed by atoms with van der Waals surface area (Å²) < 4.78 is 8.56. The molecule has 33 heavy (non-hydrogen) atoms. The summed E-state index contributed by atoms with van der Waals surface area (Å²) in [4.78, 5) is 44.1. The Bertz CT molecular complexity index is 1460. The monoisotopic (exact) mass is 482 g/mol. The molecule has 1 amide bonds. The van der Waals surface area contributed by atoms with Gasteiger partial charge < -0.3 is 10.1 Å². The lowest BCUT2D eigenvalue weighted by molar-refractivity contribution is -0.116. The summed E-state index contributed by atoms with van der Waals surface area (Å²) in [5.74, 6) is -0.0198. The van der Waals surface area contributed by atoms with Crippen molar-refractivity contribution in [3.05, 3.63) is 74.9 Å². The Balaban J connectivity index is 1.85. The van der Waals surface area contributed by atoms with Gasteiger partial charge in [-0.15, -0.1) is 11.3 Å². The molecule has 1 N–H and O–H groups in total. The van der Waals surface area contributed by atoms with Gasteiger partial charge in [-0.1, -0.05) is 43.0 Å². The van der Waals surface area contributed by atoms with E-state index in [1.54, 1.807) is 30.3 Å². The average Bonchev–Trinajstić information content (AvgIpc) is 3.27. The molecule has 0 bridgehead atoms. The summed E-state index contributed by atoms with van der Waals surface area (Å²) in [6.07, 6.45) is 2.68. The molecule has 2 heterocycles. The van der Waals surface area contributed by atoms with Crippen LogP contribution in [0.2, 0.25) is 0 Å². The Kier molecular flexibility index (Phi) is 6.66. The molecule has 4 rings (SSSR count). The Morgan fingerprint density at radius 3 is 2.70 bits per heavy atom. The fourth-order valence-electron chi connectivity index (χ4n) is 3.48. The number of rotatable bonds is 7. The Hall–Kier alpha value is -3.37. The average molecular weight is 483 g/mol. The molecule has 4 aromatic rings. The molecular weight excluding hydrogens is 460 g/mol. The highest BCUT2D eigenvalue weighted by Gasteiger charge is 2.22. The van der Waals surface area contributed by atoms with Crippen LogP contribution in [0.15, 0.2) is 62.5 Å². The number of thioether (sulfide) groups is 1. The second kappa shape index (κ2) is 9.63. The quantitative estimate of drug-likeness (QED) is 0.405. The molecule has 8 nitrogen and oxygen atoms in total. The van der Waals surface area contributed by atoms with Crippen LogP contribution in [0.4, 0.5) is 5.69 Å². The van der Waals surface area contributed by atoms with E-state index in [4.69, 9.17) is 4.74 Å². The number of para-hydroxylation sites is 2. The van der Waals surface area contributed by atoms with Crippen molar-refractivity contribution >= 4 is 45.0 Å². The van der Waals surface area contributed by atoms with E-state index < -0.39 is 17.2 Å². The number of methoxy groups -OCH3 is 1. The molecule has 0 aliphatic carbocycles. The number of ether oxygens (including phenoxy) is 1. The van der Waals surface area contributed by atoms with Gasteiger partial charge in [0.15, 0.2) is 9.99 Å². The molecule has 0 atom stereocenters. The molecule has 0 saturated carbocycles.